The molecule has 0 spiro atoms. The summed E-state index contributed by atoms with van der Waals surface area (Å²) in [5.41, 5.74) is 2.83. The van der Waals surface area contributed by atoms with Crippen LogP contribution in [0.5, 0.6) is 0 Å². The molecule has 0 heterocycles. The maximum absolute atomic E-state index is 13.5. The molecule has 0 saturated carbocycles. The van der Waals surface area contributed by atoms with Gasteiger partial charge in [-0.1, -0.05) is 13.0 Å². The van der Waals surface area contributed by atoms with Crippen molar-refractivity contribution in [2.45, 2.75) is 33.1 Å². The number of terminal acetylenes is 1. The summed E-state index contributed by atoms with van der Waals surface area (Å²) in [5.74, 6) is 2.51. The number of halogens is 1. The fourth-order valence-electron chi connectivity index (χ4n) is 1.47. The maximum Gasteiger partial charge on any atom is 0.126 e. The van der Waals surface area contributed by atoms with E-state index in [1.165, 1.54) is 0 Å². The minimum Gasteiger partial charge on any atom is -0.207 e. The summed E-state index contributed by atoms with van der Waals surface area (Å²) in [6.07, 6.45) is 5.80. The third-order valence-electron chi connectivity index (χ3n) is 2.57. The predicted molar refractivity (Wildman–Crippen MR) is 57.7 cm³/mol. The van der Waals surface area contributed by atoms with Crippen LogP contribution in [0.25, 0.3) is 0 Å². The second kappa shape index (κ2) is 4.28. The fourth-order valence-corrected chi connectivity index (χ4v) is 1.47. The summed E-state index contributed by atoms with van der Waals surface area (Å²) >= 11 is 0. The van der Waals surface area contributed by atoms with Crippen molar-refractivity contribution in [1.82, 2.24) is 0 Å². The van der Waals surface area contributed by atoms with Gasteiger partial charge in [-0.25, -0.2) is 4.39 Å². The molecule has 0 radical (unpaired) electrons. The number of hydrogen-bond donors (Lipinski definition) is 0. The minimum atomic E-state index is -0.143. The molecule has 1 aromatic carbocycles. The first kappa shape index (κ1) is 10.8. The summed E-state index contributed by atoms with van der Waals surface area (Å²) < 4.78 is 13.5. The molecule has 0 nitrogen and oxygen atoms in total. The van der Waals surface area contributed by atoms with E-state index in [1.54, 1.807) is 6.07 Å². The van der Waals surface area contributed by atoms with E-state index in [0.29, 0.717) is 6.42 Å². The Balaban J connectivity index is 3.10. The van der Waals surface area contributed by atoms with Gasteiger partial charge in [-0.05, 0) is 42.5 Å². The summed E-state index contributed by atoms with van der Waals surface area (Å²) in [6, 6.07) is 3.48. The van der Waals surface area contributed by atoms with Crippen molar-refractivity contribution in [2.24, 2.45) is 0 Å². The fraction of sp³-hybridized carbons (Fsp3) is 0.385. The molecule has 0 aromatic heterocycles. The molecule has 14 heavy (non-hydrogen) atoms. The van der Waals surface area contributed by atoms with Crippen LogP contribution in [-0.2, 0) is 0 Å². The zero-order valence-electron chi connectivity index (χ0n) is 8.89. The second-order valence-corrected chi connectivity index (χ2v) is 3.77. The topological polar surface area (TPSA) is 0 Å². The van der Waals surface area contributed by atoms with Gasteiger partial charge in [-0.3, -0.25) is 0 Å². The van der Waals surface area contributed by atoms with Gasteiger partial charge in [0, 0.05) is 6.42 Å². The smallest absolute Gasteiger partial charge is 0.126 e. The summed E-state index contributed by atoms with van der Waals surface area (Å²) in [6.45, 7) is 5.85. The van der Waals surface area contributed by atoms with Gasteiger partial charge in [-0.15, -0.1) is 12.3 Å². The number of aryl methyl sites for hydroxylation is 2. The molecule has 1 unspecified atom stereocenters. The Morgan fingerprint density at radius 3 is 2.50 bits per heavy atom. The van der Waals surface area contributed by atoms with E-state index in [1.807, 2.05) is 26.8 Å². The molecule has 1 heteroatoms. The van der Waals surface area contributed by atoms with Crippen LogP contribution in [0.15, 0.2) is 12.1 Å². The lowest BCUT2D eigenvalue weighted by Crippen LogP contribution is -1.98. The largest absolute Gasteiger partial charge is 0.207 e. The van der Waals surface area contributed by atoms with Crippen LogP contribution >= 0.6 is 0 Å². The van der Waals surface area contributed by atoms with Crippen molar-refractivity contribution in [1.29, 1.82) is 0 Å². The van der Waals surface area contributed by atoms with E-state index >= 15 is 0 Å². The van der Waals surface area contributed by atoms with Crippen molar-refractivity contribution in [2.75, 3.05) is 0 Å². The first-order valence-corrected chi connectivity index (χ1v) is 4.76. The maximum atomic E-state index is 13.5. The van der Waals surface area contributed by atoms with Crippen LogP contribution in [0.4, 0.5) is 4.39 Å². The van der Waals surface area contributed by atoms with Crippen molar-refractivity contribution >= 4 is 0 Å². The Kier molecular flexibility index (Phi) is 3.30. The highest BCUT2D eigenvalue weighted by Crippen LogP contribution is 2.24. The zero-order valence-corrected chi connectivity index (χ0v) is 8.89. The SMILES string of the molecule is C#CCC(C)c1cc(C)c(C)cc1F. The van der Waals surface area contributed by atoms with Gasteiger partial charge in [0.05, 0.1) is 0 Å². The van der Waals surface area contributed by atoms with Crippen LogP contribution in [-0.4, -0.2) is 0 Å². The lowest BCUT2D eigenvalue weighted by Gasteiger charge is -2.12. The molecule has 0 bridgehead atoms. The number of hydrogen-bond acceptors (Lipinski definition) is 0. The number of benzene rings is 1. The molecular weight excluding hydrogens is 175 g/mol. The van der Waals surface area contributed by atoms with Crippen molar-refractivity contribution < 1.29 is 4.39 Å². The van der Waals surface area contributed by atoms with Crippen LogP contribution < -0.4 is 0 Å². The van der Waals surface area contributed by atoms with E-state index in [0.717, 1.165) is 16.7 Å². The Bertz CT molecular complexity index is 372. The molecule has 1 rings (SSSR count). The Labute approximate surface area is 85.2 Å². The normalized spacial score (nSPS) is 12.2. The van der Waals surface area contributed by atoms with Gasteiger partial charge in [0.15, 0.2) is 0 Å². The standard InChI is InChI=1S/C13H15F/c1-5-6-9(2)12-7-10(3)11(4)8-13(12)14/h1,7-9H,6H2,2-4H3. The van der Waals surface area contributed by atoms with E-state index in [2.05, 4.69) is 5.92 Å². The van der Waals surface area contributed by atoms with Gasteiger partial charge < -0.3 is 0 Å². The average Bonchev–Trinajstić information content (AvgIpc) is 2.11. The molecule has 0 aliphatic rings. The number of rotatable bonds is 2. The molecule has 0 saturated heterocycles. The molecule has 74 valence electrons. The predicted octanol–water partition coefficient (Wildman–Crippen LogP) is 3.57. The highest BCUT2D eigenvalue weighted by molar-refractivity contribution is 5.33. The molecule has 0 aliphatic heterocycles. The monoisotopic (exact) mass is 190 g/mol. The summed E-state index contributed by atoms with van der Waals surface area (Å²) in [5, 5.41) is 0. The lowest BCUT2D eigenvalue weighted by atomic mass is 9.94. The first-order valence-electron chi connectivity index (χ1n) is 4.76. The zero-order chi connectivity index (χ0) is 10.7. The van der Waals surface area contributed by atoms with Crippen LogP contribution in [0, 0.1) is 32.0 Å². The van der Waals surface area contributed by atoms with Crippen molar-refractivity contribution in [3.05, 3.63) is 34.6 Å². The summed E-state index contributed by atoms with van der Waals surface area (Å²) in [7, 11) is 0. The molecule has 0 aliphatic carbocycles. The Morgan fingerprint density at radius 2 is 1.93 bits per heavy atom. The quantitative estimate of drug-likeness (QED) is 0.625. The first-order chi connectivity index (χ1) is 6.56. The van der Waals surface area contributed by atoms with Crippen molar-refractivity contribution in [3.8, 4) is 12.3 Å². The molecule has 0 amide bonds. The van der Waals surface area contributed by atoms with Crippen LogP contribution in [0.3, 0.4) is 0 Å². The minimum absolute atomic E-state index is 0.0966. The molecule has 0 N–H and O–H groups in total. The van der Waals surface area contributed by atoms with E-state index < -0.39 is 0 Å². The average molecular weight is 190 g/mol. The third kappa shape index (κ3) is 2.14. The van der Waals surface area contributed by atoms with Crippen molar-refractivity contribution in [3.63, 3.8) is 0 Å². The van der Waals surface area contributed by atoms with E-state index in [-0.39, 0.29) is 11.7 Å². The molecule has 0 fully saturated rings. The van der Waals surface area contributed by atoms with E-state index in [9.17, 15) is 4.39 Å². The highest BCUT2D eigenvalue weighted by atomic mass is 19.1. The van der Waals surface area contributed by atoms with Gasteiger partial charge in [-0.2, -0.15) is 0 Å². The molecule has 1 aromatic rings. The van der Waals surface area contributed by atoms with Crippen LogP contribution in [0.1, 0.15) is 36.0 Å². The molecule has 1 atom stereocenters. The Hall–Kier alpha value is -1.29. The lowest BCUT2D eigenvalue weighted by molar-refractivity contribution is 0.590. The van der Waals surface area contributed by atoms with Gasteiger partial charge in [0.2, 0.25) is 0 Å². The molecular formula is C13H15F. The summed E-state index contributed by atoms with van der Waals surface area (Å²) in [4.78, 5) is 0. The van der Waals surface area contributed by atoms with Gasteiger partial charge in [0.1, 0.15) is 5.82 Å². The third-order valence-corrected chi connectivity index (χ3v) is 2.57. The van der Waals surface area contributed by atoms with Gasteiger partial charge >= 0.3 is 0 Å². The second-order valence-electron chi connectivity index (χ2n) is 3.77. The van der Waals surface area contributed by atoms with E-state index in [4.69, 9.17) is 6.42 Å². The highest BCUT2D eigenvalue weighted by Gasteiger charge is 2.11. The van der Waals surface area contributed by atoms with Gasteiger partial charge in [0.25, 0.3) is 0 Å². The Morgan fingerprint density at radius 1 is 1.36 bits per heavy atom. The van der Waals surface area contributed by atoms with Crippen LogP contribution in [0.2, 0.25) is 0 Å².